The highest BCUT2D eigenvalue weighted by Gasteiger charge is 2.30. The van der Waals surface area contributed by atoms with Crippen LogP contribution in [0.5, 0.6) is 0 Å². The van der Waals surface area contributed by atoms with Crippen molar-refractivity contribution in [3.05, 3.63) is 29.5 Å². The number of carboxylic acids is 2. The number of nitrogens with zero attached hydrogens (tertiary/aromatic N) is 4. The van der Waals surface area contributed by atoms with Crippen LogP contribution in [0.1, 0.15) is 16.8 Å². The number of carbonyl (C=O) groups is 2. The fourth-order valence-corrected chi connectivity index (χ4v) is 3.70. The zero-order valence-corrected chi connectivity index (χ0v) is 13.3. The third kappa shape index (κ3) is 3.15. The summed E-state index contributed by atoms with van der Waals surface area (Å²) in [5, 5.41) is 18.0. The zero-order chi connectivity index (χ0) is 16.6. The molecule has 2 aliphatic rings. The average molecular weight is 336 g/mol. The Hall–Kier alpha value is -2.13. The van der Waals surface area contributed by atoms with E-state index >= 15 is 0 Å². The van der Waals surface area contributed by atoms with Crippen LogP contribution < -0.4 is 0 Å². The summed E-state index contributed by atoms with van der Waals surface area (Å²) >= 11 is 1.22. The molecule has 3 heterocycles. The van der Waals surface area contributed by atoms with E-state index in [0.717, 1.165) is 25.1 Å². The molecule has 1 unspecified atom stereocenters. The van der Waals surface area contributed by atoms with Gasteiger partial charge >= 0.3 is 11.9 Å². The molecule has 0 amide bonds. The maximum Gasteiger partial charge on any atom is 0.351 e. The second kappa shape index (κ2) is 6.17. The molecule has 8 nitrogen and oxygen atoms in total. The minimum atomic E-state index is -1.13. The highest BCUT2D eigenvalue weighted by atomic mass is 32.2. The molecule has 0 radical (unpaired) electrons. The second-order valence-electron chi connectivity index (χ2n) is 5.47. The van der Waals surface area contributed by atoms with Gasteiger partial charge in [0.25, 0.3) is 0 Å². The summed E-state index contributed by atoms with van der Waals surface area (Å²) < 4.78 is 2.03. The first-order valence-electron chi connectivity index (χ1n) is 7.05. The lowest BCUT2D eigenvalue weighted by molar-refractivity contribution is -0.133. The van der Waals surface area contributed by atoms with Crippen molar-refractivity contribution in [2.45, 2.75) is 18.3 Å². The molecule has 0 saturated heterocycles. The number of rotatable bonds is 3. The predicted molar refractivity (Wildman–Crippen MR) is 84.5 cm³/mol. The molecular formula is C14H16N4O4S. The lowest BCUT2D eigenvalue weighted by atomic mass is 10.1. The molecule has 1 aromatic heterocycles. The normalized spacial score (nSPS) is 21.9. The number of carboxylic acid groups (broad SMARTS) is 2. The molecule has 0 fully saturated rings. The van der Waals surface area contributed by atoms with Crippen molar-refractivity contribution < 1.29 is 19.8 Å². The van der Waals surface area contributed by atoms with Gasteiger partial charge in [-0.25, -0.2) is 14.6 Å². The van der Waals surface area contributed by atoms with Crippen LogP contribution in [0.15, 0.2) is 23.0 Å². The Morgan fingerprint density at radius 2 is 2.09 bits per heavy atom. The summed E-state index contributed by atoms with van der Waals surface area (Å²) in [5.74, 6) is -1.22. The smallest absolute Gasteiger partial charge is 0.351 e. The van der Waals surface area contributed by atoms with Gasteiger partial charge in [0.05, 0.1) is 23.1 Å². The van der Waals surface area contributed by atoms with E-state index in [-0.39, 0.29) is 17.0 Å². The van der Waals surface area contributed by atoms with E-state index in [1.807, 2.05) is 17.8 Å². The van der Waals surface area contributed by atoms with Crippen LogP contribution in [0.2, 0.25) is 0 Å². The standard InChI is InChI=1S/C14H16N4O4S/c1-17-2-3-18-5-9(16-11(18)6-17)12-8(13(19)20)4-15-10(7-23-12)14(21)22/h4-5,12H,2-3,6-7H2,1H3,(H,19,20)(H,21,22). The van der Waals surface area contributed by atoms with E-state index in [2.05, 4.69) is 14.9 Å². The van der Waals surface area contributed by atoms with Gasteiger partial charge in [-0.3, -0.25) is 9.89 Å². The van der Waals surface area contributed by atoms with Crippen molar-refractivity contribution in [3.63, 3.8) is 0 Å². The summed E-state index contributed by atoms with van der Waals surface area (Å²) in [7, 11) is 2.01. The number of aliphatic imine (C=N–C) groups is 1. The Bertz CT molecular complexity index is 724. The molecule has 0 spiro atoms. The van der Waals surface area contributed by atoms with Crippen molar-refractivity contribution >= 4 is 29.4 Å². The number of imidazole rings is 1. The topological polar surface area (TPSA) is 108 Å². The molecule has 0 aliphatic carbocycles. The van der Waals surface area contributed by atoms with Gasteiger partial charge in [0.2, 0.25) is 0 Å². The maximum absolute atomic E-state index is 11.5. The number of likely N-dealkylation sites (N-methyl/N-ethyl adjacent to an activating group) is 1. The summed E-state index contributed by atoms with van der Waals surface area (Å²) in [5.41, 5.74) is 0.630. The Balaban J connectivity index is 1.93. The fraction of sp³-hybridized carbons (Fsp3) is 0.429. The molecule has 122 valence electrons. The van der Waals surface area contributed by atoms with E-state index in [9.17, 15) is 14.7 Å². The van der Waals surface area contributed by atoms with Crippen LogP contribution in [-0.4, -0.2) is 61.7 Å². The Labute approximate surface area is 136 Å². The summed E-state index contributed by atoms with van der Waals surface area (Å²) in [6.45, 7) is 2.42. The van der Waals surface area contributed by atoms with Crippen LogP contribution in [-0.2, 0) is 22.7 Å². The number of aromatic nitrogens is 2. The highest BCUT2D eigenvalue weighted by Crippen LogP contribution is 2.37. The van der Waals surface area contributed by atoms with Gasteiger partial charge in [-0.2, -0.15) is 0 Å². The van der Waals surface area contributed by atoms with Gasteiger partial charge in [-0.05, 0) is 7.05 Å². The number of thioether (sulfide) groups is 1. The molecule has 3 rings (SSSR count). The van der Waals surface area contributed by atoms with E-state index in [4.69, 9.17) is 5.11 Å². The lowest BCUT2D eigenvalue weighted by Gasteiger charge is -2.22. The quantitative estimate of drug-likeness (QED) is 0.832. The Kier molecular flexibility index (Phi) is 4.22. The second-order valence-corrected chi connectivity index (χ2v) is 6.57. The molecule has 2 aliphatic heterocycles. The first-order valence-corrected chi connectivity index (χ1v) is 8.10. The summed E-state index contributed by atoms with van der Waals surface area (Å²) in [6, 6.07) is 0. The first kappa shape index (κ1) is 15.8. The molecular weight excluding hydrogens is 320 g/mol. The van der Waals surface area contributed by atoms with Crippen LogP contribution in [0.3, 0.4) is 0 Å². The van der Waals surface area contributed by atoms with E-state index in [1.165, 1.54) is 11.8 Å². The van der Waals surface area contributed by atoms with Crippen LogP contribution in [0.25, 0.3) is 0 Å². The molecule has 0 aromatic carbocycles. The summed E-state index contributed by atoms with van der Waals surface area (Å²) in [6.07, 6.45) is 3.00. The highest BCUT2D eigenvalue weighted by molar-refractivity contribution is 8.00. The first-order chi connectivity index (χ1) is 11.0. The molecule has 0 saturated carbocycles. The van der Waals surface area contributed by atoms with E-state index in [1.54, 1.807) is 0 Å². The predicted octanol–water partition coefficient (Wildman–Crippen LogP) is 0.610. The third-order valence-electron chi connectivity index (χ3n) is 3.80. The van der Waals surface area contributed by atoms with Gasteiger partial charge in [0.15, 0.2) is 0 Å². The van der Waals surface area contributed by atoms with Crippen molar-refractivity contribution in [2.24, 2.45) is 4.99 Å². The molecule has 0 bridgehead atoms. The molecule has 23 heavy (non-hydrogen) atoms. The SMILES string of the molecule is CN1CCn2cc(C3SCC(C(=O)O)=NC=C3C(=O)O)nc2C1. The van der Waals surface area contributed by atoms with Gasteiger partial charge in [-0.1, -0.05) is 0 Å². The van der Waals surface area contributed by atoms with Crippen molar-refractivity contribution in [3.8, 4) is 0 Å². The minimum Gasteiger partial charge on any atom is -0.478 e. The van der Waals surface area contributed by atoms with Crippen LogP contribution >= 0.6 is 11.8 Å². The zero-order valence-electron chi connectivity index (χ0n) is 12.5. The van der Waals surface area contributed by atoms with Gasteiger partial charge < -0.3 is 14.8 Å². The minimum absolute atomic E-state index is 0.0510. The maximum atomic E-state index is 11.5. The monoisotopic (exact) mass is 336 g/mol. The number of hydrogen-bond donors (Lipinski definition) is 2. The summed E-state index contributed by atoms with van der Waals surface area (Å²) in [4.78, 5) is 33.1. The fourth-order valence-electron chi connectivity index (χ4n) is 2.55. The Morgan fingerprint density at radius 1 is 1.30 bits per heavy atom. The van der Waals surface area contributed by atoms with Gasteiger partial charge in [-0.15, -0.1) is 11.8 Å². The van der Waals surface area contributed by atoms with Crippen molar-refractivity contribution in [2.75, 3.05) is 19.3 Å². The largest absolute Gasteiger partial charge is 0.478 e. The van der Waals surface area contributed by atoms with Crippen molar-refractivity contribution in [1.82, 2.24) is 14.5 Å². The van der Waals surface area contributed by atoms with Crippen molar-refractivity contribution in [1.29, 1.82) is 0 Å². The Morgan fingerprint density at radius 3 is 2.78 bits per heavy atom. The van der Waals surface area contributed by atoms with E-state index in [0.29, 0.717) is 12.2 Å². The van der Waals surface area contributed by atoms with Crippen LogP contribution in [0.4, 0.5) is 0 Å². The van der Waals surface area contributed by atoms with E-state index < -0.39 is 17.2 Å². The average Bonchev–Trinajstić information content (AvgIpc) is 2.76. The molecule has 1 aromatic rings. The van der Waals surface area contributed by atoms with Gasteiger partial charge in [0, 0.05) is 31.2 Å². The lowest BCUT2D eigenvalue weighted by Crippen LogP contribution is -2.30. The third-order valence-corrected chi connectivity index (χ3v) is 5.07. The number of aliphatic carboxylic acids is 2. The van der Waals surface area contributed by atoms with Gasteiger partial charge in [0.1, 0.15) is 11.5 Å². The number of hydrogen-bond acceptors (Lipinski definition) is 6. The van der Waals surface area contributed by atoms with Crippen LogP contribution in [0, 0.1) is 0 Å². The molecule has 1 atom stereocenters. The molecule has 9 heteroatoms. The molecule has 2 N–H and O–H groups in total. The number of fused-ring (bicyclic) bond motifs is 1.